The fraction of sp³-hybridized carbons (Fsp3) is 0.227. The Kier molecular flexibility index (Phi) is 11.4. The second-order valence-electron chi connectivity index (χ2n) is 14.2. The minimum atomic E-state index is -0.928. The molecular weight excluding hydrogens is 765 g/mol. The summed E-state index contributed by atoms with van der Waals surface area (Å²) < 4.78 is 9.62. The van der Waals surface area contributed by atoms with Gasteiger partial charge in [0.05, 0.1) is 38.0 Å². The number of amides is 4. The van der Waals surface area contributed by atoms with Crippen LogP contribution in [-0.4, -0.2) is 94.4 Å². The number of hydrogen-bond acceptors (Lipinski definition) is 10. The van der Waals surface area contributed by atoms with E-state index in [4.69, 9.17) is 9.47 Å². The third-order valence-corrected chi connectivity index (χ3v) is 10.6. The van der Waals surface area contributed by atoms with Gasteiger partial charge < -0.3 is 30.1 Å². The first-order chi connectivity index (χ1) is 29.3. The number of methoxy groups -OCH3 is 2. The molecular formula is C44H44N10O6. The molecule has 2 aliphatic rings. The van der Waals surface area contributed by atoms with Gasteiger partial charge in [0.1, 0.15) is 12.1 Å². The summed E-state index contributed by atoms with van der Waals surface area (Å²) in [5.74, 6) is 0.468. The number of anilines is 2. The number of hydrazine groups is 2. The zero-order valence-electron chi connectivity index (χ0n) is 33.1. The Balaban J connectivity index is 0.928. The number of carbonyl (C=O) groups excluding carboxylic acids is 4. The molecule has 0 spiro atoms. The van der Waals surface area contributed by atoms with Crippen LogP contribution in [0.15, 0.2) is 122 Å². The number of H-pyrrole nitrogens is 2. The van der Waals surface area contributed by atoms with Gasteiger partial charge in [-0.15, -0.1) is 0 Å². The van der Waals surface area contributed by atoms with Gasteiger partial charge in [-0.1, -0.05) is 109 Å². The largest absolute Gasteiger partial charge is 0.453 e. The number of imidazole rings is 2. The second-order valence-corrected chi connectivity index (χ2v) is 14.2. The molecule has 2 aliphatic heterocycles. The molecule has 2 atom stereocenters. The summed E-state index contributed by atoms with van der Waals surface area (Å²) >= 11 is 0. The van der Waals surface area contributed by atoms with Crippen LogP contribution in [-0.2, 0) is 19.1 Å². The topological polar surface area (TPSA) is 181 Å². The van der Waals surface area contributed by atoms with E-state index >= 15 is 0 Å². The van der Waals surface area contributed by atoms with Crippen molar-refractivity contribution in [3.05, 3.63) is 133 Å². The monoisotopic (exact) mass is 808 g/mol. The number of hydrogen-bond donors (Lipinski definition) is 4. The van der Waals surface area contributed by atoms with Gasteiger partial charge in [0.15, 0.2) is 0 Å². The molecule has 2 fully saturated rings. The summed E-state index contributed by atoms with van der Waals surface area (Å²) in [4.78, 5) is 68.1. The molecule has 0 bridgehead atoms. The van der Waals surface area contributed by atoms with Crippen LogP contribution in [0.4, 0.5) is 21.5 Å². The van der Waals surface area contributed by atoms with E-state index in [1.54, 1.807) is 46.7 Å². The van der Waals surface area contributed by atoms with E-state index in [1.165, 1.54) is 14.2 Å². The number of ether oxygens (including phenoxy) is 2. The van der Waals surface area contributed by atoms with Crippen molar-refractivity contribution in [1.29, 1.82) is 0 Å². The highest BCUT2D eigenvalue weighted by Crippen LogP contribution is 2.31. The van der Waals surface area contributed by atoms with Gasteiger partial charge in [-0.05, 0) is 46.2 Å². The fourth-order valence-electron chi connectivity index (χ4n) is 7.50. The van der Waals surface area contributed by atoms with Gasteiger partial charge in [-0.25, -0.2) is 29.6 Å². The highest BCUT2D eigenvalue weighted by molar-refractivity contribution is 5.89. The number of rotatable bonds is 11. The number of carbonyl (C=O) groups is 4. The molecule has 0 aliphatic carbocycles. The Hall–Kier alpha value is -7.62. The minimum absolute atomic E-state index is 0.292. The number of benzene rings is 4. The maximum atomic E-state index is 13.9. The summed E-state index contributed by atoms with van der Waals surface area (Å²) in [5, 5.41) is 12.2. The van der Waals surface area contributed by atoms with E-state index in [1.807, 2.05) is 94.9 Å². The van der Waals surface area contributed by atoms with Crippen molar-refractivity contribution in [2.45, 2.75) is 24.9 Å². The van der Waals surface area contributed by atoms with E-state index in [0.717, 1.165) is 46.5 Å². The number of aromatic nitrogens is 4. The number of alkyl carbamates (subject to hydrolysis) is 2. The molecule has 8 rings (SSSR count). The molecule has 2 aromatic heterocycles. The average Bonchev–Trinajstić information content (AvgIpc) is 4.15. The van der Waals surface area contributed by atoms with Crippen molar-refractivity contribution in [3.63, 3.8) is 0 Å². The molecule has 16 nitrogen and oxygen atoms in total. The lowest BCUT2D eigenvalue weighted by Crippen LogP contribution is -2.48. The van der Waals surface area contributed by atoms with Crippen LogP contribution in [0, 0.1) is 0 Å². The maximum absolute atomic E-state index is 13.9. The van der Waals surface area contributed by atoms with E-state index in [-0.39, 0.29) is 11.8 Å². The molecule has 306 valence electrons. The Labute approximate surface area is 346 Å². The van der Waals surface area contributed by atoms with Gasteiger partial charge >= 0.3 is 12.2 Å². The first kappa shape index (κ1) is 39.2. The van der Waals surface area contributed by atoms with Gasteiger partial charge in [0.25, 0.3) is 11.8 Å². The molecule has 4 heterocycles. The Morgan fingerprint density at radius 3 is 1.27 bits per heavy atom. The lowest BCUT2D eigenvalue weighted by molar-refractivity contribution is -0.133. The van der Waals surface area contributed by atoms with Crippen LogP contribution in [0.1, 0.15) is 36.1 Å². The molecule has 4 N–H and O–H groups in total. The van der Waals surface area contributed by atoms with Crippen molar-refractivity contribution in [1.82, 2.24) is 40.6 Å². The zero-order chi connectivity index (χ0) is 41.6. The summed E-state index contributed by atoms with van der Waals surface area (Å²) in [6.07, 6.45) is 3.59. The lowest BCUT2D eigenvalue weighted by Gasteiger charge is -2.31. The van der Waals surface area contributed by atoms with Gasteiger partial charge in [-0.3, -0.25) is 19.6 Å². The van der Waals surface area contributed by atoms with Gasteiger partial charge in [-0.2, -0.15) is 0 Å². The Morgan fingerprint density at radius 1 is 0.533 bits per heavy atom. The van der Waals surface area contributed by atoms with Crippen LogP contribution in [0.2, 0.25) is 0 Å². The van der Waals surface area contributed by atoms with E-state index in [0.29, 0.717) is 49.2 Å². The Morgan fingerprint density at radius 2 is 0.900 bits per heavy atom. The lowest BCUT2D eigenvalue weighted by atomic mass is 10.0. The number of aromatic amines is 2. The van der Waals surface area contributed by atoms with Crippen LogP contribution in [0.3, 0.4) is 0 Å². The molecule has 4 amide bonds. The van der Waals surface area contributed by atoms with E-state index in [9.17, 15) is 19.2 Å². The highest BCUT2D eigenvalue weighted by atomic mass is 16.5. The van der Waals surface area contributed by atoms with Crippen molar-refractivity contribution < 1.29 is 28.7 Å². The van der Waals surface area contributed by atoms with E-state index in [2.05, 4.69) is 30.6 Å². The molecule has 0 radical (unpaired) electrons. The van der Waals surface area contributed by atoms with Crippen LogP contribution < -0.4 is 20.7 Å². The second kappa shape index (κ2) is 17.5. The summed E-state index contributed by atoms with van der Waals surface area (Å²) in [6, 6.07) is 32.6. The zero-order valence-corrected chi connectivity index (χ0v) is 33.1. The molecule has 0 saturated carbocycles. The first-order valence-electron chi connectivity index (χ1n) is 19.6. The molecule has 0 unspecified atom stereocenters. The maximum Gasteiger partial charge on any atom is 0.407 e. The van der Waals surface area contributed by atoms with Crippen molar-refractivity contribution in [2.75, 3.05) is 50.4 Å². The third-order valence-electron chi connectivity index (χ3n) is 10.6. The fourth-order valence-corrected chi connectivity index (χ4v) is 7.50. The molecule has 60 heavy (non-hydrogen) atoms. The van der Waals surface area contributed by atoms with Crippen molar-refractivity contribution >= 4 is 35.9 Å². The quantitative estimate of drug-likeness (QED) is 0.117. The first-order valence-corrected chi connectivity index (χ1v) is 19.6. The van der Waals surface area contributed by atoms with Crippen LogP contribution in [0.25, 0.3) is 33.6 Å². The van der Waals surface area contributed by atoms with Crippen molar-refractivity contribution in [3.8, 4) is 33.6 Å². The molecule has 2 saturated heterocycles. The Bertz CT molecular complexity index is 2270. The van der Waals surface area contributed by atoms with Gasteiger partial charge in [0, 0.05) is 26.2 Å². The third kappa shape index (κ3) is 8.20. The normalized spacial score (nSPS) is 14.8. The number of nitrogens with one attached hydrogen (secondary N) is 4. The average molecular weight is 809 g/mol. The highest BCUT2D eigenvalue weighted by Gasteiger charge is 2.37. The smallest absolute Gasteiger partial charge is 0.407 e. The number of nitrogens with zero attached hydrogens (tertiary/aromatic N) is 6. The van der Waals surface area contributed by atoms with Crippen LogP contribution in [0.5, 0.6) is 0 Å². The molecule has 16 heteroatoms. The van der Waals surface area contributed by atoms with E-state index < -0.39 is 24.3 Å². The summed E-state index contributed by atoms with van der Waals surface area (Å²) in [7, 11) is 2.53. The summed E-state index contributed by atoms with van der Waals surface area (Å²) in [5.41, 5.74) is 6.79. The SMILES string of the molecule is COC(=O)N[C@H](C(=O)N1CCCN1c1ncc(-c2ccc(-c3ccc(-c4cnc(N5CCCN5C(=O)[C@H](NC(=O)OC)c5ccccc5)[nH]4)cc3)cc2)[nH]1)c1ccccc1. The predicted molar refractivity (Wildman–Crippen MR) is 224 cm³/mol. The van der Waals surface area contributed by atoms with Crippen molar-refractivity contribution in [2.24, 2.45) is 0 Å². The molecule has 4 aromatic carbocycles. The van der Waals surface area contributed by atoms with Gasteiger partial charge in [0.2, 0.25) is 11.9 Å². The van der Waals surface area contributed by atoms with Crippen LogP contribution >= 0.6 is 0 Å². The predicted octanol–water partition coefficient (Wildman–Crippen LogP) is 6.24. The minimum Gasteiger partial charge on any atom is -0.453 e. The molecule has 6 aromatic rings. The standard InChI is InChI=1S/C44H44N10O6/c1-59-43(57)49-37(33-11-5-3-6-12-33)39(55)51-23-9-25-53(51)41-45-27-35(47-41)31-19-15-29(16-20-31)30-17-21-32(22-18-30)36-28-46-42(48-36)54-26-10-24-52(54)40(56)38(50-44(58)60-2)34-13-7-4-8-14-34/h3-8,11-22,27-28,37-38H,9-10,23-26H2,1-2H3,(H,45,47)(H,46,48)(H,49,57)(H,50,58)/t37-,38+. The summed E-state index contributed by atoms with van der Waals surface area (Å²) in [6.45, 7) is 2.10.